The van der Waals surface area contributed by atoms with Gasteiger partial charge in [0.1, 0.15) is 11.5 Å². The number of piperazine rings is 1. The Morgan fingerprint density at radius 1 is 0.941 bits per heavy atom. The highest BCUT2D eigenvalue weighted by molar-refractivity contribution is 6.00. The van der Waals surface area contributed by atoms with Crippen LogP contribution in [0.15, 0.2) is 54.7 Å². The summed E-state index contributed by atoms with van der Waals surface area (Å²) in [5.74, 6) is -0.0211. The predicted molar refractivity (Wildman–Crippen MR) is 128 cm³/mol. The van der Waals surface area contributed by atoms with Crippen molar-refractivity contribution in [3.05, 3.63) is 71.7 Å². The second-order valence-corrected chi connectivity index (χ2v) is 9.28. The van der Waals surface area contributed by atoms with Crippen LogP contribution in [0.3, 0.4) is 0 Å². The van der Waals surface area contributed by atoms with Crippen molar-refractivity contribution in [2.24, 2.45) is 5.92 Å². The molecule has 7 heteroatoms. The lowest BCUT2D eigenvalue weighted by molar-refractivity contribution is -0.136. The van der Waals surface area contributed by atoms with Gasteiger partial charge in [0.25, 0.3) is 5.91 Å². The van der Waals surface area contributed by atoms with E-state index in [-0.39, 0.29) is 23.5 Å². The molecule has 2 aliphatic rings. The van der Waals surface area contributed by atoms with E-state index in [1.54, 1.807) is 23.0 Å². The molecule has 1 aromatic heterocycles. The van der Waals surface area contributed by atoms with Crippen LogP contribution < -0.4 is 0 Å². The molecule has 0 unspecified atom stereocenters. The van der Waals surface area contributed by atoms with Gasteiger partial charge in [0, 0.05) is 43.9 Å². The fourth-order valence-corrected chi connectivity index (χ4v) is 4.99. The molecule has 34 heavy (non-hydrogen) atoms. The zero-order valence-electron chi connectivity index (χ0n) is 19.4. The van der Waals surface area contributed by atoms with Gasteiger partial charge in [-0.25, -0.2) is 9.07 Å². The molecule has 0 radical (unpaired) electrons. The minimum atomic E-state index is -0.323. The molecule has 2 heterocycles. The second-order valence-electron chi connectivity index (χ2n) is 9.28. The molecule has 2 fully saturated rings. The molecule has 0 atom stereocenters. The summed E-state index contributed by atoms with van der Waals surface area (Å²) in [4.78, 5) is 30.1. The van der Waals surface area contributed by atoms with Crippen LogP contribution in [0.5, 0.6) is 0 Å². The minimum Gasteiger partial charge on any atom is -0.339 e. The number of rotatable bonds is 4. The molecule has 0 spiro atoms. The third-order valence-corrected chi connectivity index (χ3v) is 6.91. The summed E-state index contributed by atoms with van der Waals surface area (Å²) in [5.41, 5.74) is 3.72. The molecule has 1 aliphatic carbocycles. The number of carbonyl (C=O) groups excluding carboxylic acids is 2. The van der Waals surface area contributed by atoms with Crippen molar-refractivity contribution in [2.75, 3.05) is 26.2 Å². The molecule has 176 valence electrons. The number of nitrogens with zero attached hydrogens (tertiary/aromatic N) is 4. The van der Waals surface area contributed by atoms with Crippen molar-refractivity contribution < 1.29 is 14.0 Å². The van der Waals surface area contributed by atoms with Crippen LogP contribution >= 0.6 is 0 Å². The lowest BCUT2D eigenvalue weighted by Gasteiger charge is -2.36. The molecule has 2 amide bonds. The van der Waals surface area contributed by atoms with E-state index in [1.807, 2.05) is 41.0 Å². The Bertz CT molecular complexity index is 1190. The van der Waals surface area contributed by atoms with Crippen molar-refractivity contribution in [2.45, 2.75) is 32.6 Å². The van der Waals surface area contributed by atoms with Gasteiger partial charge in [-0.1, -0.05) is 36.6 Å². The van der Waals surface area contributed by atoms with Gasteiger partial charge < -0.3 is 9.80 Å². The number of halogens is 1. The molecule has 2 aromatic carbocycles. The molecule has 0 N–H and O–H groups in total. The standard InChI is InChI=1S/C27H29FN4O2/c1-19-5-4-8-21(17-19)25-24(18-32(29-25)23-11-9-22(28)10-12-23)27(34)31-15-13-30(14-16-31)26(33)20-6-2-3-7-20/h4-5,8-12,17-18,20H,2-3,6-7,13-16H2,1H3. The van der Waals surface area contributed by atoms with E-state index in [0.29, 0.717) is 43.1 Å². The van der Waals surface area contributed by atoms with E-state index < -0.39 is 0 Å². The monoisotopic (exact) mass is 460 g/mol. The number of aromatic nitrogens is 2. The first kappa shape index (κ1) is 22.3. The van der Waals surface area contributed by atoms with Crippen molar-refractivity contribution >= 4 is 11.8 Å². The normalized spacial score (nSPS) is 16.8. The number of hydrogen-bond acceptors (Lipinski definition) is 3. The summed E-state index contributed by atoms with van der Waals surface area (Å²) in [6, 6.07) is 13.9. The second kappa shape index (κ2) is 9.41. The third kappa shape index (κ3) is 4.47. The molecule has 5 rings (SSSR count). The Labute approximate surface area is 199 Å². The fraction of sp³-hybridized carbons (Fsp3) is 0.370. The topological polar surface area (TPSA) is 58.4 Å². The van der Waals surface area contributed by atoms with E-state index in [2.05, 4.69) is 0 Å². The Hall–Kier alpha value is -3.48. The zero-order valence-corrected chi connectivity index (χ0v) is 19.4. The maximum absolute atomic E-state index is 13.6. The Morgan fingerprint density at radius 3 is 2.29 bits per heavy atom. The molecule has 1 aliphatic heterocycles. The molecule has 0 bridgehead atoms. The van der Waals surface area contributed by atoms with Crippen LogP contribution in [-0.2, 0) is 4.79 Å². The molecular formula is C27H29FN4O2. The maximum atomic E-state index is 13.6. The zero-order chi connectivity index (χ0) is 23.7. The van der Waals surface area contributed by atoms with Gasteiger partial charge in [-0.2, -0.15) is 5.10 Å². The summed E-state index contributed by atoms with van der Waals surface area (Å²) in [5, 5.41) is 4.72. The Kier molecular flexibility index (Phi) is 6.18. The average Bonchev–Trinajstić information content (AvgIpc) is 3.55. The third-order valence-electron chi connectivity index (χ3n) is 6.91. The van der Waals surface area contributed by atoms with Crippen LogP contribution in [0.25, 0.3) is 16.9 Å². The van der Waals surface area contributed by atoms with Gasteiger partial charge in [0.2, 0.25) is 5.91 Å². The minimum absolute atomic E-state index is 0.0992. The number of benzene rings is 2. The van der Waals surface area contributed by atoms with Crippen LogP contribution in [-0.4, -0.2) is 57.6 Å². The highest BCUT2D eigenvalue weighted by Gasteiger charge is 2.32. The highest BCUT2D eigenvalue weighted by atomic mass is 19.1. The highest BCUT2D eigenvalue weighted by Crippen LogP contribution is 2.28. The van der Waals surface area contributed by atoms with Crippen molar-refractivity contribution in [1.29, 1.82) is 0 Å². The lowest BCUT2D eigenvalue weighted by Crippen LogP contribution is -2.51. The molecular weight excluding hydrogens is 431 g/mol. The first-order valence-electron chi connectivity index (χ1n) is 12.0. The average molecular weight is 461 g/mol. The van der Waals surface area contributed by atoms with Gasteiger partial charge >= 0.3 is 0 Å². The van der Waals surface area contributed by atoms with Crippen LogP contribution in [0.1, 0.15) is 41.6 Å². The number of aryl methyl sites for hydroxylation is 1. The first-order valence-corrected chi connectivity index (χ1v) is 12.0. The summed E-state index contributed by atoms with van der Waals surface area (Å²) in [6.07, 6.45) is 5.97. The Morgan fingerprint density at radius 2 is 1.62 bits per heavy atom. The van der Waals surface area contributed by atoms with Crippen LogP contribution in [0, 0.1) is 18.7 Å². The van der Waals surface area contributed by atoms with E-state index in [0.717, 1.165) is 36.8 Å². The lowest BCUT2D eigenvalue weighted by atomic mass is 10.0. The number of amides is 2. The van der Waals surface area contributed by atoms with Gasteiger partial charge in [-0.05, 0) is 50.1 Å². The SMILES string of the molecule is Cc1cccc(-c2nn(-c3ccc(F)cc3)cc2C(=O)N2CCN(C(=O)C3CCCC3)CC2)c1. The quantitative estimate of drug-likeness (QED) is 0.578. The number of hydrogen-bond donors (Lipinski definition) is 0. The van der Waals surface area contributed by atoms with E-state index in [4.69, 9.17) is 5.10 Å². The summed E-state index contributed by atoms with van der Waals surface area (Å²) in [6.45, 7) is 4.14. The fourth-order valence-electron chi connectivity index (χ4n) is 4.99. The smallest absolute Gasteiger partial charge is 0.257 e. The molecule has 3 aromatic rings. The molecule has 6 nitrogen and oxygen atoms in total. The van der Waals surface area contributed by atoms with Crippen LogP contribution in [0.4, 0.5) is 4.39 Å². The largest absolute Gasteiger partial charge is 0.339 e. The van der Waals surface area contributed by atoms with E-state index >= 15 is 0 Å². The van der Waals surface area contributed by atoms with E-state index in [1.165, 1.54) is 12.1 Å². The first-order chi connectivity index (χ1) is 16.5. The van der Waals surface area contributed by atoms with Gasteiger partial charge in [-0.3, -0.25) is 9.59 Å². The summed E-state index contributed by atoms with van der Waals surface area (Å²) >= 11 is 0. The predicted octanol–water partition coefficient (Wildman–Crippen LogP) is 4.46. The molecule has 1 saturated heterocycles. The van der Waals surface area contributed by atoms with Crippen molar-refractivity contribution in [3.8, 4) is 16.9 Å². The van der Waals surface area contributed by atoms with Gasteiger partial charge in [0.15, 0.2) is 0 Å². The maximum Gasteiger partial charge on any atom is 0.257 e. The molecule has 1 saturated carbocycles. The van der Waals surface area contributed by atoms with Crippen LogP contribution in [0.2, 0.25) is 0 Å². The van der Waals surface area contributed by atoms with Gasteiger partial charge in [0.05, 0.1) is 11.3 Å². The Balaban J connectivity index is 1.40. The van der Waals surface area contributed by atoms with Gasteiger partial charge in [-0.15, -0.1) is 0 Å². The van der Waals surface area contributed by atoms with Crippen molar-refractivity contribution in [3.63, 3.8) is 0 Å². The summed E-state index contributed by atoms with van der Waals surface area (Å²) in [7, 11) is 0. The number of carbonyl (C=O) groups is 2. The van der Waals surface area contributed by atoms with E-state index in [9.17, 15) is 14.0 Å². The van der Waals surface area contributed by atoms with Crippen molar-refractivity contribution in [1.82, 2.24) is 19.6 Å². The summed E-state index contributed by atoms with van der Waals surface area (Å²) < 4.78 is 15.1.